The Labute approximate surface area is 140 Å². The molecule has 1 aliphatic heterocycles. The zero-order valence-electron chi connectivity index (χ0n) is 13.7. The normalized spacial score (nSPS) is 13.3. The predicted molar refractivity (Wildman–Crippen MR) is 94.5 cm³/mol. The number of nitrogens with zero attached hydrogens (tertiary/aromatic N) is 2. The van der Waals surface area contributed by atoms with Crippen molar-refractivity contribution in [3.63, 3.8) is 0 Å². The molecule has 3 aromatic rings. The van der Waals surface area contributed by atoms with Crippen molar-refractivity contribution in [1.29, 1.82) is 0 Å². The van der Waals surface area contributed by atoms with Gasteiger partial charge >= 0.3 is 0 Å². The molecule has 24 heavy (non-hydrogen) atoms. The Morgan fingerprint density at radius 1 is 1.00 bits per heavy atom. The molecular weight excluding hydrogens is 300 g/mol. The van der Waals surface area contributed by atoms with Gasteiger partial charge in [0.25, 0.3) is 11.7 Å². The van der Waals surface area contributed by atoms with Crippen molar-refractivity contribution in [2.75, 3.05) is 11.4 Å². The van der Waals surface area contributed by atoms with E-state index < -0.39 is 11.7 Å². The Balaban J connectivity index is 1.78. The summed E-state index contributed by atoms with van der Waals surface area (Å²) >= 11 is 0. The third-order valence-electron chi connectivity index (χ3n) is 4.95. The molecule has 0 radical (unpaired) electrons. The minimum atomic E-state index is -0.445. The molecule has 0 saturated carbocycles. The number of amides is 1. The molecule has 4 nitrogen and oxygen atoms in total. The van der Waals surface area contributed by atoms with Crippen molar-refractivity contribution >= 4 is 28.3 Å². The second-order valence-electron chi connectivity index (χ2n) is 6.20. The summed E-state index contributed by atoms with van der Waals surface area (Å²) in [5.74, 6) is -0.875. The van der Waals surface area contributed by atoms with Gasteiger partial charge in [-0.05, 0) is 31.0 Å². The van der Waals surface area contributed by atoms with Crippen LogP contribution < -0.4 is 4.90 Å². The van der Waals surface area contributed by atoms with E-state index in [1.54, 1.807) is 4.90 Å². The first kappa shape index (κ1) is 14.7. The number of ketones is 1. The van der Waals surface area contributed by atoms with Gasteiger partial charge in [-0.3, -0.25) is 9.59 Å². The molecule has 0 aliphatic carbocycles. The van der Waals surface area contributed by atoms with Gasteiger partial charge < -0.3 is 9.47 Å². The largest absolute Gasteiger partial charge is 0.347 e. The number of carbonyl (C=O) groups is 2. The van der Waals surface area contributed by atoms with E-state index in [1.807, 2.05) is 67.1 Å². The zero-order valence-corrected chi connectivity index (χ0v) is 13.7. The van der Waals surface area contributed by atoms with Crippen LogP contribution in [0.1, 0.15) is 21.6 Å². The lowest BCUT2D eigenvalue weighted by Crippen LogP contribution is -2.35. The van der Waals surface area contributed by atoms with Gasteiger partial charge in [0.15, 0.2) is 0 Å². The molecule has 0 bridgehead atoms. The number of para-hydroxylation sites is 2. The van der Waals surface area contributed by atoms with Crippen LogP contribution in [-0.4, -0.2) is 22.8 Å². The third-order valence-corrected chi connectivity index (χ3v) is 4.95. The fraction of sp³-hybridized carbons (Fsp3) is 0.200. The molecule has 120 valence electrons. The van der Waals surface area contributed by atoms with E-state index in [0.717, 1.165) is 34.3 Å². The second-order valence-corrected chi connectivity index (χ2v) is 6.20. The summed E-state index contributed by atoms with van der Waals surface area (Å²) < 4.78 is 1.97. The lowest BCUT2D eigenvalue weighted by Gasteiger charge is -2.16. The minimum Gasteiger partial charge on any atom is -0.347 e. The smallest absolute Gasteiger partial charge is 0.299 e. The summed E-state index contributed by atoms with van der Waals surface area (Å²) in [5.41, 5.74) is 4.28. The van der Waals surface area contributed by atoms with E-state index in [2.05, 4.69) is 0 Å². The molecule has 0 fully saturated rings. The Bertz CT molecular complexity index is 984. The average Bonchev–Trinajstić information content (AvgIpc) is 3.14. The molecule has 1 aliphatic rings. The molecule has 0 spiro atoms. The number of hydrogen-bond donors (Lipinski definition) is 0. The van der Waals surface area contributed by atoms with Gasteiger partial charge in [0.1, 0.15) is 0 Å². The molecule has 1 amide bonds. The van der Waals surface area contributed by atoms with Crippen LogP contribution >= 0.6 is 0 Å². The van der Waals surface area contributed by atoms with E-state index >= 15 is 0 Å². The van der Waals surface area contributed by atoms with Crippen LogP contribution in [0.25, 0.3) is 10.9 Å². The van der Waals surface area contributed by atoms with Crippen LogP contribution in [0.5, 0.6) is 0 Å². The van der Waals surface area contributed by atoms with Crippen LogP contribution in [0.2, 0.25) is 0 Å². The predicted octanol–water partition coefficient (Wildman–Crippen LogP) is 3.26. The summed E-state index contributed by atoms with van der Waals surface area (Å²) in [5, 5.41) is 0.836. The number of carbonyl (C=O) groups excluding carboxylic acids is 2. The number of aryl methyl sites for hydroxylation is 1. The van der Waals surface area contributed by atoms with E-state index in [9.17, 15) is 9.59 Å². The highest BCUT2D eigenvalue weighted by Crippen LogP contribution is 2.30. The van der Waals surface area contributed by atoms with Gasteiger partial charge in [0, 0.05) is 35.9 Å². The highest BCUT2D eigenvalue weighted by atomic mass is 16.2. The number of hydrogen-bond acceptors (Lipinski definition) is 2. The third kappa shape index (κ3) is 1.99. The molecule has 2 aromatic carbocycles. The first-order valence-corrected chi connectivity index (χ1v) is 8.07. The monoisotopic (exact) mass is 318 g/mol. The first-order valence-electron chi connectivity index (χ1n) is 8.07. The molecule has 0 saturated heterocycles. The van der Waals surface area contributed by atoms with Gasteiger partial charge in [-0.15, -0.1) is 0 Å². The first-order chi connectivity index (χ1) is 11.6. The summed E-state index contributed by atoms with van der Waals surface area (Å²) in [6.45, 7) is 2.45. The van der Waals surface area contributed by atoms with Crippen LogP contribution in [0, 0.1) is 6.92 Å². The van der Waals surface area contributed by atoms with E-state index in [4.69, 9.17) is 0 Å². The number of anilines is 1. The quantitative estimate of drug-likeness (QED) is 0.537. The van der Waals surface area contributed by atoms with Gasteiger partial charge in [-0.25, -0.2) is 0 Å². The Morgan fingerprint density at radius 3 is 2.54 bits per heavy atom. The van der Waals surface area contributed by atoms with Crippen LogP contribution in [0.15, 0.2) is 48.5 Å². The maximum Gasteiger partial charge on any atom is 0.299 e. The number of benzene rings is 2. The van der Waals surface area contributed by atoms with Gasteiger partial charge in [0.05, 0.1) is 5.56 Å². The van der Waals surface area contributed by atoms with E-state index in [-0.39, 0.29) is 0 Å². The summed E-state index contributed by atoms with van der Waals surface area (Å²) in [7, 11) is 1.92. The van der Waals surface area contributed by atoms with Crippen molar-refractivity contribution in [3.8, 4) is 0 Å². The standard InChI is InChI=1S/C20H18N2O2/c1-13-18(15-8-4-6-10-17(15)21(13)2)19(23)20(24)22-12-11-14-7-3-5-9-16(14)22/h3-10H,11-12H2,1-2H3. The van der Waals surface area contributed by atoms with Crippen LogP contribution in [0.4, 0.5) is 5.69 Å². The number of fused-ring (bicyclic) bond motifs is 2. The van der Waals surface area contributed by atoms with Gasteiger partial charge in [-0.2, -0.15) is 0 Å². The molecule has 0 N–H and O–H groups in total. The van der Waals surface area contributed by atoms with Crippen molar-refractivity contribution in [1.82, 2.24) is 4.57 Å². The molecule has 4 rings (SSSR count). The molecule has 1 aromatic heterocycles. The lowest BCUT2D eigenvalue weighted by atomic mass is 10.1. The average molecular weight is 318 g/mol. The molecular formula is C20H18N2O2. The van der Waals surface area contributed by atoms with E-state index in [0.29, 0.717) is 12.1 Å². The number of rotatable bonds is 2. The SMILES string of the molecule is Cc1c(C(=O)C(=O)N2CCc3ccccc32)c2ccccc2n1C. The maximum atomic E-state index is 13.0. The molecule has 2 heterocycles. The van der Waals surface area contributed by atoms with Crippen LogP contribution in [0.3, 0.4) is 0 Å². The summed E-state index contributed by atoms with van der Waals surface area (Å²) in [6.07, 6.45) is 0.795. The summed E-state index contributed by atoms with van der Waals surface area (Å²) in [4.78, 5) is 27.5. The fourth-order valence-electron chi connectivity index (χ4n) is 3.59. The molecule has 0 atom stereocenters. The highest BCUT2D eigenvalue weighted by Gasteiger charge is 2.32. The van der Waals surface area contributed by atoms with Gasteiger partial charge in [0.2, 0.25) is 0 Å². The van der Waals surface area contributed by atoms with Gasteiger partial charge in [-0.1, -0.05) is 36.4 Å². The topological polar surface area (TPSA) is 42.3 Å². The van der Waals surface area contributed by atoms with Crippen molar-refractivity contribution in [2.45, 2.75) is 13.3 Å². The summed E-state index contributed by atoms with van der Waals surface area (Å²) in [6, 6.07) is 15.5. The number of Topliss-reactive ketones (excluding diaryl/α,β-unsaturated/α-hetero) is 1. The Morgan fingerprint density at radius 2 is 1.71 bits per heavy atom. The molecule has 0 unspecified atom stereocenters. The maximum absolute atomic E-state index is 13.0. The van der Waals surface area contributed by atoms with Crippen molar-refractivity contribution in [2.24, 2.45) is 7.05 Å². The zero-order chi connectivity index (χ0) is 16.8. The van der Waals surface area contributed by atoms with Crippen LogP contribution in [-0.2, 0) is 18.3 Å². The van der Waals surface area contributed by atoms with E-state index in [1.165, 1.54) is 0 Å². The Hall–Kier alpha value is -2.88. The van der Waals surface area contributed by atoms with Crippen molar-refractivity contribution in [3.05, 3.63) is 65.4 Å². The lowest BCUT2D eigenvalue weighted by molar-refractivity contribution is -0.114. The number of aromatic nitrogens is 1. The fourth-order valence-corrected chi connectivity index (χ4v) is 3.59. The highest BCUT2D eigenvalue weighted by molar-refractivity contribution is 6.49. The molecule has 4 heteroatoms. The second kappa shape index (κ2) is 5.34. The minimum absolute atomic E-state index is 0.430. The Kier molecular flexibility index (Phi) is 3.27. The van der Waals surface area contributed by atoms with Crippen molar-refractivity contribution < 1.29 is 9.59 Å².